The summed E-state index contributed by atoms with van der Waals surface area (Å²) >= 11 is 4.26. The number of nitrogen functional groups attached to an aromatic ring is 1. The predicted molar refractivity (Wildman–Crippen MR) is 74.7 cm³/mol. The molecule has 0 unspecified atom stereocenters. The number of nitrogens with zero attached hydrogens (tertiary/aromatic N) is 1. The lowest BCUT2D eigenvalue weighted by molar-refractivity contribution is 0.580. The van der Waals surface area contributed by atoms with E-state index in [0.717, 1.165) is 12.1 Å². The summed E-state index contributed by atoms with van der Waals surface area (Å²) in [7, 11) is -3.81. The van der Waals surface area contributed by atoms with E-state index in [0.29, 0.717) is 5.01 Å². The van der Waals surface area contributed by atoms with Gasteiger partial charge in [0.1, 0.15) is 15.7 Å². The van der Waals surface area contributed by atoms with Crippen LogP contribution in [0.15, 0.2) is 33.1 Å². The van der Waals surface area contributed by atoms with Crippen molar-refractivity contribution >= 4 is 43.0 Å². The minimum Gasteiger partial charge on any atom is -0.398 e. The maximum absolute atomic E-state index is 13.2. The molecule has 0 aliphatic heterocycles. The monoisotopic (exact) mass is 365 g/mol. The number of hydrogen-bond donors (Lipinski definition) is 2. The Labute approximate surface area is 121 Å². The Morgan fingerprint density at radius 1 is 1.47 bits per heavy atom. The number of nitrogens with two attached hydrogens (primary N) is 1. The van der Waals surface area contributed by atoms with Gasteiger partial charge in [-0.25, -0.2) is 22.5 Å². The van der Waals surface area contributed by atoms with Crippen LogP contribution in [-0.2, 0) is 16.6 Å². The molecule has 1 aromatic carbocycles. The van der Waals surface area contributed by atoms with E-state index >= 15 is 0 Å². The summed E-state index contributed by atoms with van der Waals surface area (Å²) < 4.78 is 39.7. The molecule has 9 heteroatoms. The van der Waals surface area contributed by atoms with Crippen LogP contribution in [0.2, 0.25) is 0 Å². The highest BCUT2D eigenvalue weighted by molar-refractivity contribution is 9.10. The van der Waals surface area contributed by atoms with Crippen LogP contribution in [0.4, 0.5) is 10.1 Å². The van der Waals surface area contributed by atoms with E-state index in [2.05, 4.69) is 25.6 Å². The highest BCUT2D eigenvalue weighted by Crippen LogP contribution is 2.26. The van der Waals surface area contributed by atoms with Crippen LogP contribution >= 0.6 is 27.3 Å². The number of hydrogen-bond acceptors (Lipinski definition) is 5. The Hall–Kier alpha value is -1.03. The van der Waals surface area contributed by atoms with Gasteiger partial charge in [-0.1, -0.05) is 0 Å². The van der Waals surface area contributed by atoms with E-state index in [4.69, 9.17) is 5.73 Å². The van der Waals surface area contributed by atoms with Gasteiger partial charge < -0.3 is 5.73 Å². The van der Waals surface area contributed by atoms with E-state index < -0.39 is 15.8 Å². The third-order valence-corrected chi connectivity index (χ3v) is 5.08. The molecule has 0 amide bonds. The van der Waals surface area contributed by atoms with Crippen molar-refractivity contribution in [1.29, 1.82) is 0 Å². The molecular weight excluding hydrogens is 357 g/mol. The lowest BCUT2D eigenvalue weighted by atomic mass is 10.3. The first-order valence-electron chi connectivity index (χ1n) is 5.02. The molecule has 102 valence electrons. The highest BCUT2D eigenvalue weighted by atomic mass is 79.9. The molecule has 0 fully saturated rings. The van der Waals surface area contributed by atoms with Crippen molar-refractivity contribution < 1.29 is 12.8 Å². The summed E-state index contributed by atoms with van der Waals surface area (Å²) in [4.78, 5) is 3.79. The molecule has 0 atom stereocenters. The van der Waals surface area contributed by atoms with E-state index in [1.54, 1.807) is 11.6 Å². The molecule has 2 aromatic rings. The molecule has 0 bridgehead atoms. The van der Waals surface area contributed by atoms with Crippen LogP contribution in [-0.4, -0.2) is 13.4 Å². The molecule has 0 saturated heterocycles. The normalized spacial score (nSPS) is 11.7. The van der Waals surface area contributed by atoms with E-state index in [1.165, 1.54) is 11.3 Å². The number of thiazole rings is 1. The first-order valence-corrected chi connectivity index (χ1v) is 8.18. The minimum absolute atomic E-state index is 0.0383. The average Bonchev–Trinajstić information content (AvgIpc) is 2.84. The summed E-state index contributed by atoms with van der Waals surface area (Å²) in [6, 6.07) is 2.09. The fourth-order valence-corrected chi connectivity index (χ4v) is 3.62. The van der Waals surface area contributed by atoms with Gasteiger partial charge in [0.05, 0.1) is 16.7 Å². The van der Waals surface area contributed by atoms with Crippen molar-refractivity contribution in [2.24, 2.45) is 0 Å². The quantitative estimate of drug-likeness (QED) is 0.812. The second-order valence-electron chi connectivity index (χ2n) is 3.55. The van der Waals surface area contributed by atoms with Crippen molar-refractivity contribution in [3.05, 3.63) is 39.0 Å². The number of nitrogens with one attached hydrogen (secondary N) is 1. The van der Waals surface area contributed by atoms with E-state index in [-0.39, 0.29) is 21.6 Å². The predicted octanol–water partition coefficient (Wildman–Crippen LogP) is 2.11. The van der Waals surface area contributed by atoms with Crippen molar-refractivity contribution in [3.8, 4) is 0 Å². The zero-order chi connectivity index (χ0) is 14.0. The molecule has 5 nitrogen and oxygen atoms in total. The number of rotatable bonds is 4. The van der Waals surface area contributed by atoms with Crippen molar-refractivity contribution in [2.45, 2.75) is 11.4 Å². The van der Waals surface area contributed by atoms with Crippen LogP contribution < -0.4 is 10.5 Å². The summed E-state index contributed by atoms with van der Waals surface area (Å²) in [6.45, 7) is 0.0639. The van der Waals surface area contributed by atoms with Gasteiger partial charge in [0.2, 0.25) is 10.0 Å². The number of benzene rings is 1. The molecule has 19 heavy (non-hydrogen) atoms. The standard InChI is InChI=1S/C10H9BrFN3O2S2/c11-6-3-9(8(13)4-7(6)12)19(16,17)15-5-10-14-1-2-18-10/h1-4,15H,5,13H2. The molecule has 2 rings (SSSR count). The summed E-state index contributed by atoms with van der Waals surface area (Å²) in [5.41, 5.74) is 5.39. The van der Waals surface area contributed by atoms with Crippen LogP contribution in [0.5, 0.6) is 0 Å². The third-order valence-electron chi connectivity index (χ3n) is 2.24. The van der Waals surface area contributed by atoms with Gasteiger partial charge in [0.25, 0.3) is 0 Å². The topological polar surface area (TPSA) is 85.1 Å². The lowest BCUT2D eigenvalue weighted by Gasteiger charge is -2.09. The van der Waals surface area contributed by atoms with Crippen molar-refractivity contribution in [2.75, 3.05) is 5.73 Å². The largest absolute Gasteiger partial charge is 0.398 e. The molecule has 0 aliphatic rings. The van der Waals surface area contributed by atoms with Gasteiger partial charge in [-0.3, -0.25) is 0 Å². The molecule has 0 aliphatic carbocycles. The Morgan fingerprint density at radius 2 is 2.21 bits per heavy atom. The van der Waals surface area contributed by atoms with E-state index in [1.807, 2.05) is 0 Å². The Morgan fingerprint density at radius 3 is 2.84 bits per heavy atom. The second kappa shape index (κ2) is 5.53. The Bertz CT molecular complexity index is 689. The van der Waals surface area contributed by atoms with Crippen LogP contribution in [0.3, 0.4) is 0 Å². The van der Waals surface area contributed by atoms with Gasteiger partial charge >= 0.3 is 0 Å². The van der Waals surface area contributed by atoms with Crippen LogP contribution in [0.25, 0.3) is 0 Å². The third kappa shape index (κ3) is 3.30. The molecule has 0 saturated carbocycles. The average molecular weight is 366 g/mol. The number of anilines is 1. The van der Waals surface area contributed by atoms with E-state index in [9.17, 15) is 12.8 Å². The fourth-order valence-electron chi connectivity index (χ4n) is 1.35. The van der Waals surface area contributed by atoms with Gasteiger partial charge in [0.15, 0.2) is 0 Å². The molecule has 0 radical (unpaired) electrons. The van der Waals surface area contributed by atoms with Gasteiger partial charge in [-0.15, -0.1) is 11.3 Å². The summed E-state index contributed by atoms with van der Waals surface area (Å²) in [6.07, 6.45) is 1.58. The molecule has 3 N–H and O–H groups in total. The van der Waals surface area contributed by atoms with Crippen LogP contribution in [0.1, 0.15) is 5.01 Å². The van der Waals surface area contributed by atoms with Gasteiger partial charge in [-0.05, 0) is 28.1 Å². The lowest BCUT2D eigenvalue weighted by Crippen LogP contribution is -2.24. The molecular formula is C10H9BrFN3O2S2. The fraction of sp³-hybridized carbons (Fsp3) is 0.100. The van der Waals surface area contributed by atoms with Gasteiger partial charge in [0, 0.05) is 11.6 Å². The Kier molecular flexibility index (Phi) is 4.19. The minimum atomic E-state index is -3.81. The van der Waals surface area contributed by atoms with Gasteiger partial charge in [-0.2, -0.15) is 0 Å². The maximum Gasteiger partial charge on any atom is 0.243 e. The van der Waals surface area contributed by atoms with Crippen molar-refractivity contribution in [3.63, 3.8) is 0 Å². The molecule has 1 aromatic heterocycles. The number of aromatic nitrogens is 1. The zero-order valence-corrected chi connectivity index (χ0v) is 12.6. The number of sulfonamides is 1. The number of halogens is 2. The SMILES string of the molecule is Nc1cc(F)c(Br)cc1S(=O)(=O)NCc1nccs1. The molecule has 1 heterocycles. The zero-order valence-electron chi connectivity index (χ0n) is 9.43. The highest BCUT2D eigenvalue weighted by Gasteiger charge is 2.19. The van der Waals surface area contributed by atoms with Crippen LogP contribution in [0, 0.1) is 5.82 Å². The summed E-state index contributed by atoms with van der Waals surface area (Å²) in [5, 5.41) is 2.37. The maximum atomic E-state index is 13.2. The summed E-state index contributed by atoms with van der Waals surface area (Å²) in [5.74, 6) is -0.614. The van der Waals surface area contributed by atoms with Crippen molar-refractivity contribution in [1.82, 2.24) is 9.71 Å². The smallest absolute Gasteiger partial charge is 0.243 e. The molecule has 0 spiro atoms. The Balaban J connectivity index is 2.27. The first kappa shape index (κ1) is 14.4. The first-order chi connectivity index (χ1) is 8.90. The second-order valence-corrected chi connectivity index (χ2v) is 7.12.